The van der Waals surface area contributed by atoms with Crippen LogP contribution in [0, 0.1) is 0 Å². The van der Waals surface area contributed by atoms with Gasteiger partial charge in [0, 0.05) is 31.6 Å². The van der Waals surface area contributed by atoms with Crippen molar-refractivity contribution in [2.75, 3.05) is 11.9 Å². The quantitative estimate of drug-likeness (QED) is 0.705. The molecule has 1 aromatic rings. The Morgan fingerprint density at radius 3 is 2.20 bits per heavy atom. The molecule has 0 saturated carbocycles. The standard InChI is InChI=1S/C18H27N3O4/c1-5-15(22)20-12-13-6-8-14(9-7-13)21-16(23)10-11-19-17(24)25-18(2,3)4/h6-9H,5,10-12H2,1-4H3,(H,19,24)(H,20,22)(H,21,23). The molecule has 3 N–H and O–H groups in total. The molecule has 0 unspecified atom stereocenters. The van der Waals surface area contributed by atoms with Gasteiger partial charge in [-0.1, -0.05) is 19.1 Å². The van der Waals surface area contributed by atoms with Crippen LogP contribution in [0.4, 0.5) is 10.5 Å². The van der Waals surface area contributed by atoms with E-state index >= 15 is 0 Å². The summed E-state index contributed by atoms with van der Waals surface area (Å²) in [6.07, 6.45) is 0.0535. The highest BCUT2D eigenvalue weighted by molar-refractivity contribution is 5.91. The molecule has 1 aromatic carbocycles. The van der Waals surface area contributed by atoms with Crippen molar-refractivity contribution in [2.45, 2.75) is 52.7 Å². The molecule has 0 atom stereocenters. The van der Waals surface area contributed by atoms with E-state index in [0.29, 0.717) is 18.7 Å². The van der Waals surface area contributed by atoms with Crippen molar-refractivity contribution in [1.29, 1.82) is 0 Å². The van der Waals surface area contributed by atoms with Crippen LogP contribution in [0.1, 0.15) is 46.1 Å². The van der Waals surface area contributed by atoms with Crippen LogP contribution in [0.25, 0.3) is 0 Å². The van der Waals surface area contributed by atoms with Gasteiger partial charge in [-0.05, 0) is 38.5 Å². The third-order valence-corrected chi connectivity index (χ3v) is 3.07. The Hall–Kier alpha value is -2.57. The molecular weight excluding hydrogens is 322 g/mol. The Morgan fingerprint density at radius 1 is 1.00 bits per heavy atom. The van der Waals surface area contributed by atoms with Crippen LogP contribution in [0.3, 0.4) is 0 Å². The monoisotopic (exact) mass is 349 g/mol. The first-order chi connectivity index (χ1) is 11.7. The smallest absolute Gasteiger partial charge is 0.407 e. The lowest BCUT2D eigenvalue weighted by molar-refractivity contribution is -0.121. The fraction of sp³-hybridized carbons (Fsp3) is 0.500. The Bertz CT molecular complexity index is 591. The van der Waals surface area contributed by atoms with E-state index in [1.165, 1.54) is 0 Å². The SMILES string of the molecule is CCC(=O)NCc1ccc(NC(=O)CCNC(=O)OC(C)(C)C)cc1. The van der Waals surface area contributed by atoms with Gasteiger partial charge in [-0.3, -0.25) is 9.59 Å². The lowest BCUT2D eigenvalue weighted by Gasteiger charge is -2.19. The third kappa shape index (κ3) is 9.34. The van der Waals surface area contributed by atoms with E-state index in [-0.39, 0.29) is 24.8 Å². The van der Waals surface area contributed by atoms with E-state index in [0.717, 1.165) is 5.56 Å². The van der Waals surface area contributed by atoms with Crippen LogP contribution >= 0.6 is 0 Å². The topological polar surface area (TPSA) is 96.5 Å². The van der Waals surface area contributed by atoms with Gasteiger partial charge in [-0.2, -0.15) is 0 Å². The van der Waals surface area contributed by atoms with Gasteiger partial charge < -0.3 is 20.7 Å². The number of alkyl carbamates (subject to hydrolysis) is 1. The molecular formula is C18H27N3O4. The second-order valence-corrected chi connectivity index (χ2v) is 6.55. The molecule has 0 aliphatic heterocycles. The fourth-order valence-corrected chi connectivity index (χ4v) is 1.85. The molecule has 1 rings (SSSR count). The molecule has 0 fully saturated rings. The first kappa shape index (κ1) is 20.5. The van der Waals surface area contributed by atoms with Crippen molar-refractivity contribution in [3.8, 4) is 0 Å². The summed E-state index contributed by atoms with van der Waals surface area (Å²) in [4.78, 5) is 34.5. The molecule has 0 heterocycles. The van der Waals surface area contributed by atoms with Crippen molar-refractivity contribution < 1.29 is 19.1 Å². The summed E-state index contributed by atoms with van der Waals surface area (Å²) in [5, 5.41) is 8.07. The Balaban J connectivity index is 2.32. The molecule has 0 saturated heterocycles. The second kappa shape index (κ2) is 9.66. The highest BCUT2D eigenvalue weighted by Crippen LogP contribution is 2.10. The molecule has 0 radical (unpaired) electrons. The second-order valence-electron chi connectivity index (χ2n) is 6.55. The summed E-state index contributed by atoms with van der Waals surface area (Å²) in [5.41, 5.74) is 1.05. The zero-order valence-corrected chi connectivity index (χ0v) is 15.3. The maximum Gasteiger partial charge on any atom is 0.407 e. The minimum atomic E-state index is -0.565. The first-order valence-electron chi connectivity index (χ1n) is 8.32. The maximum atomic E-state index is 11.9. The summed E-state index contributed by atoms with van der Waals surface area (Å²) in [5.74, 6) is -0.210. The van der Waals surface area contributed by atoms with Crippen LogP contribution < -0.4 is 16.0 Å². The average molecular weight is 349 g/mol. The maximum absolute atomic E-state index is 11.9. The lowest BCUT2D eigenvalue weighted by Crippen LogP contribution is -2.34. The highest BCUT2D eigenvalue weighted by atomic mass is 16.6. The predicted octanol–water partition coefficient (Wildman–Crippen LogP) is 2.57. The molecule has 0 aliphatic carbocycles. The van der Waals surface area contributed by atoms with E-state index in [1.54, 1.807) is 39.8 Å². The van der Waals surface area contributed by atoms with Crippen molar-refractivity contribution in [3.63, 3.8) is 0 Å². The zero-order chi connectivity index (χ0) is 18.9. The summed E-state index contributed by atoms with van der Waals surface area (Å²) < 4.78 is 5.09. The van der Waals surface area contributed by atoms with E-state index in [4.69, 9.17) is 4.74 Å². The number of benzene rings is 1. The minimum absolute atomic E-state index is 0.00475. The molecule has 7 nitrogen and oxygen atoms in total. The van der Waals surface area contributed by atoms with Crippen LogP contribution in [0.2, 0.25) is 0 Å². The molecule has 25 heavy (non-hydrogen) atoms. The van der Waals surface area contributed by atoms with Gasteiger partial charge in [0.25, 0.3) is 0 Å². The number of rotatable bonds is 7. The summed E-state index contributed by atoms with van der Waals surface area (Å²) in [7, 11) is 0. The van der Waals surface area contributed by atoms with Crippen LogP contribution in [0.5, 0.6) is 0 Å². The highest BCUT2D eigenvalue weighted by Gasteiger charge is 2.15. The minimum Gasteiger partial charge on any atom is -0.444 e. The van der Waals surface area contributed by atoms with Gasteiger partial charge in [0.05, 0.1) is 0 Å². The number of ether oxygens (including phenoxy) is 1. The molecule has 7 heteroatoms. The van der Waals surface area contributed by atoms with Gasteiger partial charge in [-0.25, -0.2) is 4.79 Å². The number of nitrogens with one attached hydrogen (secondary N) is 3. The summed E-state index contributed by atoms with van der Waals surface area (Å²) >= 11 is 0. The van der Waals surface area contributed by atoms with E-state index in [1.807, 2.05) is 12.1 Å². The number of carbonyl (C=O) groups excluding carboxylic acids is 3. The normalized spacial score (nSPS) is 10.7. The molecule has 0 aromatic heterocycles. The van der Waals surface area contributed by atoms with Gasteiger partial charge >= 0.3 is 6.09 Å². The summed E-state index contributed by atoms with van der Waals surface area (Å²) in [6.45, 7) is 7.78. The Labute approximate surface area is 148 Å². The molecule has 0 spiro atoms. The number of amides is 3. The van der Waals surface area contributed by atoms with Gasteiger partial charge in [0.15, 0.2) is 0 Å². The number of hydrogen-bond acceptors (Lipinski definition) is 4. The lowest BCUT2D eigenvalue weighted by atomic mass is 10.2. The van der Waals surface area contributed by atoms with Crippen LogP contribution in [-0.2, 0) is 20.9 Å². The predicted molar refractivity (Wildman–Crippen MR) is 96.1 cm³/mol. The largest absolute Gasteiger partial charge is 0.444 e. The van der Waals surface area contributed by atoms with E-state index in [2.05, 4.69) is 16.0 Å². The molecule has 3 amide bonds. The van der Waals surface area contributed by atoms with Crippen molar-refractivity contribution in [1.82, 2.24) is 10.6 Å². The number of hydrogen-bond donors (Lipinski definition) is 3. The van der Waals surface area contributed by atoms with Gasteiger partial charge in [0.2, 0.25) is 11.8 Å². The van der Waals surface area contributed by atoms with Crippen LogP contribution in [-0.4, -0.2) is 30.1 Å². The molecule has 0 bridgehead atoms. The van der Waals surface area contributed by atoms with Crippen molar-refractivity contribution in [2.24, 2.45) is 0 Å². The average Bonchev–Trinajstić information content (AvgIpc) is 2.52. The van der Waals surface area contributed by atoms with E-state index in [9.17, 15) is 14.4 Å². The van der Waals surface area contributed by atoms with Crippen LogP contribution in [0.15, 0.2) is 24.3 Å². The van der Waals surface area contributed by atoms with E-state index < -0.39 is 11.7 Å². The Kier molecular flexibility index (Phi) is 7.91. The number of carbonyl (C=O) groups is 3. The molecule has 0 aliphatic rings. The molecule has 138 valence electrons. The fourth-order valence-electron chi connectivity index (χ4n) is 1.85. The van der Waals surface area contributed by atoms with Gasteiger partial charge in [0.1, 0.15) is 5.60 Å². The van der Waals surface area contributed by atoms with Gasteiger partial charge in [-0.15, -0.1) is 0 Å². The van der Waals surface area contributed by atoms with Crippen molar-refractivity contribution in [3.05, 3.63) is 29.8 Å². The van der Waals surface area contributed by atoms with Crippen molar-refractivity contribution >= 4 is 23.6 Å². The zero-order valence-electron chi connectivity index (χ0n) is 15.3. The number of anilines is 1. The Morgan fingerprint density at radius 2 is 1.64 bits per heavy atom. The first-order valence-corrected chi connectivity index (χ1v) is 8.32. The summed E-state index contributed by atoms with van der Waals surface area (Å²) in [6, 6.07) is 7.22. The third-order valence-electron chi connectivity index (χ3n) is 3.07.